The van der Waals surface area contributed by atoms with Gasteiger partial charge < -0.3 is 10.3 Å². The lowest BCUT2D eigenvalue weighted by molar-refractivity contribution is 0.348. The number of hydrogen-bond acceptors (Lipinski definition) is 6. The van der Waals surface area contributed by atoms with Crippen LogP contribution < -0.4 is 5.73 Å². The molecule has 6 heteroatoms. The maximum absolute atomic E-state index is 6.04. The van der Waals surface area contributed by atoms with E-state index in [0.717, 1.165) is 23.2 Å². The van der Waals surface area contributed by atoms with Crippen molar-refractivity contribution in [2.24, 2.45) is 5.73 Å². The second-order valence-corrected chi connectivity index (χ2v) is 7.04. The molecule has 3 unspecified atom stereocenters. The highest BCUT2D eigenvalue weighted by Crippen LogP contribution is 2.38. The fourth-order valence-corrected chi connectivity index (χ4v) is 4.82. The van der Waals surface area contributed by atoms with Gasteiger partial charge in [0.1, 0.15) is 0 Å². The van der Waals surface area contributed by atoms with Gasteiger partial charge in [-0.1, -0.05) is 11.6 Å². The second-order valence-electron chi connectivity index (χ2n) is 4.65. The van der Waals surface area contributed by atoms with Crippen LogP contribution in [0.1, 0.15) is 42.1 Å². The summed E-state index contributed by atoms with van der Waals surface area (Å²) >= 11 is 3.82. The molecule has 0 saturated carbocycles. The van der Waals surface area contributed by atoms with Crippen LogP contribution in [0, 0.1) is 0 Å². The van der Waals surface area contributed by atoms with Gasteiger partial charge in [-0.15, -0.1) is 0 Å². The average Bonchev–Trinajstić information content (AvgIpc) is 2.98. The summed E-state index contributed by atoms with van der Waals surface area (Å²) in [6.45, 7) is 0. The quantitative estimate of drug-likeness (QED) is 0.889. The lowest BCUT2D eigenvalue weighted by Gasteiger charge is -2.17. The van der Waals surface area contributed by atoms with Crippen LogP contribution in [-0.4, -0.2) is 33.4 Å². The maximum atomic E-state index is 6.04. The van der Waals surface area contributed by atoms with Gasteiger partial charge >= 0.3 is 0 Å². The van der Waals surface area contributed by atoms with Crippen molar-refractivity contribution < 1.29 is 4.52 Å². The van der Waals surface area contributed by atoms with Crippen LogP contribution in [0.2, 0.25) is 0 Å². The van der Waals surface area contributed by atoms with Gasteiger partial charge in [0.05, 0.1) is 11.2 Å². The van der Waals surface area contributed by atoms with E-state index in [1.165, 1.54) is 25.0 Å². The van der Waals surface area contributed by atoms with Gasteiger partial charge in [0, 0.05) is 17.5 Å². The number of aromatic nitrogens is 2. The lowest BCUT2D eigenvalue weighted by Crippen LogP contribution is -2.26. The van der Waals surface area contributed by atoms with Gasteiger partial charge in [0.25, 0.3) is 0 Å². The normalized spacial score (nSPS) is 34.1. The van der Waals surface area contributed by atoms with E-state index in [9.17, 15) is 0 Å². The number of hydrogen-bond donors (Lipinski definition) is 1. The van der Waals surface area contributed by atoms with Crippen molar-refractivity contribution in [1.82, 2.24) is 10.1 Å². The van der Waals surface area contributed by atoms with Crippen molar-refractivity contribution in [2.45, 2.75) is 36.5 Å². The summed E-state index contributed by atoms with van der Waals surface area (Å²) in [6, 6.07) is 0.173. The predicted octanol–water partition coefficient (Wildman–Crippen LogP) is 2.19. The monoisotopic (exact) mass is 271 g/mol. The SMILES string of the molecule is NC1CSCC1c1nc(C2CCCCS2)no1. The van der Waals surface area contributed by atoms with E-state index < -0.39 is 0 Å². The minimum Gasteiger partial charge on any atom is -0.339 e. The summed E-state index contributed by atoms with van der Waals surface area (Å²) in [5.41, 5.74) is 6.04. The van der Waals surface area contributed by atoms with E-state index in [-0.39, 0.29) is 12.0 Å². The molecular formula is C11H17N3OS2. The molecular weight excluding hydrogens is 254 g/mol. The minimum atomic E-state index is 0.173. The minimum absolute atomic E-state index is 0.173. The molecule has 0 amide bonds. The molecule has 2 fully saturated rings. The molecule has 0 bridgehead atoms. The van der Waals surface area contributed by atoms with E-state index in [0.29, 0.717) is 5.25 Å². The Hall–Kier alpha value is -0.200. The predicted molar refractivity (Wildman–Crippen MR) is 71.4 cm³/mol. The van der Waals surface area contributed by atoms with Gasteiger partial charge in [0.2, 0.25) is 5.89 Å². The van der Waals surface area contributed by atoms with Gasteiger partial charge in [0.15, 0.2) is 5.82 Å². The Morgan fingerprint density at radius 1 is 1.29 bits per heavy atom. The fourth-order valence-electron chi connectivity index (χ4n) is 2.30. The number of nitrogens with zero attached hydrogens (tertiary/aromatic N) is 2. The Labute approximate surface area is 109 Å². The Morgan fingerprint density at radius 3 is 2.94 bits per heavy atom. The molecule has 2 aliphatic heterocycles. The zero-order valence-corrected chi connectivity index (χ0v) is 11.3. The average molecular weight is 271 g/mol. The smallest absolute Gasteiger partial charge is 0.232 e. The number of thioether (sulfide) groups is 2. The Morgan fingerprint density at radius 2 is 2.24 bits per heavy atom. The van der Waals surface area contributed by atoms with Crippen molar-refractivity contribution in [3.05, 3.63) is 11.7 Å². The first kappa shape index (κ1) is 11.9. The first-order valence-electron chi connectivity index (χ1n) is 6.13. The summed E-state index contributed by atoms with van der Waals surface area (Å²) in [6.07, 6.45) is 3.77. The van der Waals surface area contributed by atoms with E-state index in [2.05, 4.69) is 10.1 Å². The van der Waals surface area contributed by atoms with Crippen molar-refractivity contribution >= 4 is 23.5 Å². The second kappa shape index (κ2) is 5.20. The summed E-state index contributed by atoms with van der Waals surface area (Å²) in [4.78, 5) is 4.57. The van der Waals surface area contributed by atoms with Gasteiger partial charge in [-0.25, -0.2) is 0 Å². The van der Waals surface area contributed by atoms with Crippen LogP contribution in [0.25, 0.3) is 0 Å². The van der Waals surface area contributed by atoms with Crippen LogP contribution in [0.5, 0.6) is 0 Å². The first-order chi connectivity index (χ1) is 8.34. The van der Waals surface area contributed by atoms with Crippen LogP contribution in [0.4, 0.5) is 0 Å². The molecule has 0 spiro atoms. The topological polar surface area (TPSA) is 64.9 Å². The zero-order chi connectivity index (χ0) is 11.7. The highest BCUT2D eigenvalue weighted by atomic mass is 32.2. The van der Waals surface area contributed by atoms with Crippen molar-refractivity contribution in [3.8, 4) is 0 Å². The van der Waals surface area contributed by atoms with Crippen molar-refractivity contribution in [1.29, 1.82) is 0 Å². The zero-order valence-electron chi connectivity index (χ0n) is 9.67. The molecule has 94 valence electrons. The summed E-state index contributed by atoms with van der Waals surface area (Å²) in [5, 5.41) is 4.58. The summed E-state index contributed by atoms with van der Waals surface area (Å²) in [7, 11) is 0. The molecule has 0 aliphatic carbocycles. The molecule has 3 heterocycles. The van der Waals surface area contributed by atoms with E-state index >= 15 is 0 Å². The molecule has 3 rings (SSSR count). The third-order valence-corrected chi connectivity index (χ3v) is 5.96. The molecule has 4 nitrogen and oxygen atoms in total. The van der Waals surface area contributed by atoms with Crippen molar-refractivity contribution in [2.75, 3.05) is 17.3 Å². The van der Waals surface area contributed by atoms with Crippen LogP contribution in [0.15, 0.2) is 4.52 Å². The molecule has 2 saturated heterocycles. The third kappa shape index (κ3) is 2.48. The number of rotatable bonds is 2. The third-order valence-electron chi connectivity index (χ3n) is 3.37. The van der Waals surface area contributed by atoms with Crippen LogP contribution >= 0.6 is 23.5 Å². The number of nitrogens with two attached hydrogens (primary N) is 1. The first-order valence-corrected chi connectivity index (χ1v) is 8.33. The van der Waals surface area contributed by atoms with E-state index in [4.69, 9.17) is 10.3 Å². The summed E-state index contributed by atoms with van der Waals surface area (Å²) < 4.78 is 5.40. The summed E-state index contributed by atoms with van der Waals surface area (Å²) in [5.74, 6) is 5.13. The Kier molecular flexibility index (Phi) is 3.63. The highest BCUT2D eigenvalue weighted by Gasteiger charge is 2.32. The molecule has 2 N–H and O–H groups in total. The molecule has 1 aromatic rings. The molecule has 3 atom stereocenters. The van der Waals surface area contributed by atoms with E-state index in [1.807, 2.05) is 23.5 Å². The van der Waals surface area contributed by atoms with Crippen LogP contribution in [0.3, 0.4) is 0 Å². The van der Waals surface area contributed by atoms with Gasteiger partial charge in [-0.2, -0.15) is 28.5 Å². The van der Waals surface area contributed by atoms with Crippen LogP contribution in [-0.2, 0) is 0 Å². The highest BCUT2D eigenvalue weighted by molar-refractivity contribution is 7.99. The molecule has 2 aliphatic rings. The Balaban J connectivity index is 1.73. The van der Waals surface area contributed by atoms with Gasteiger partial charge in [-0.3, -0.25) is 0 Å². The lowest BCUT2D eigenvalue weighted by atomic mass is 10.1. The van der Waals surface area contributed by atoms with E-state index in [1.54, 1.807) is 0 Å². The fraction of sp³-hybridized carbons (Fsp3) is 0.818. The molecule has 17 heavy (non-hydrogen) atoms. The molecule has 1 aromatic heterocycles. The van der Waals surface area contributed by atoms with Gasteiger partial charge in [-0.05, 0) is 18.6 Å². The standard InChI is InChI=1S/C11H17N3OS2/c12-8-6-16-5-7(8)11-13-10(14-15-11)9-3-1-2-4-17-9/h7-9H,1-6,12H2. The molecule has 0 radical (unpaired) electrons. The Bertz CT molecular complexity index is 379. The largest absolute Gasteiger partial charge is 0.339 e. The van der Waals surface area contributed by atoms with Crippen molar-refractivity contribution in [3.63, 3.8) is 0 Å². The molecule has 0 aromatic carbocycles. The maximum Gasteiger partial charge on any atom is 0.232 e.